The molecule has 2 heteroatoms. The molecule has 1 aliphatic heterocycles. The first-order valence-corrected chi connectivity index (χ1v) is 3.40. The van der Waals surface area contributed by atoms with Crippen LogP contribution in [0, 0.1) is 11.8 Å². The van der Waals surface area contributed by atoms with Crippen molar-refractivity contribution in [1.29, 1.82) is 0 Å². The molecule has 0 bridgehead atoms. The second kappa shape index (κ2) is 2.67. The fourth-order valence-electron chi connectivity index (χ4n) is 1.04. The predicted molar refractivity (Wildman–Crippen MR) is 35.1 cm³/mol. The first-order valence-electron chi connectivity index (χ1n) is 3.40. The van der Waals surface area contributed by atoms with Crippen LogP contribution in [0.15, 0.2) is 0 Å². The summed E-state index contributed by atoms with van der Waals surface area (Å²) in [5.41, 5.74) is 0. The minimum atomic E-state index is 0.0741. The van der Waals surface area contributed by atoms with Crippen LogP contribution in [0.25, 0.3) is 0 Å². The van der Waals surface area contributed by atoms with Crippen LogP contribution in [-0.4, -0.2) is 20.0 Å². The van der Waals surface area contributed by atoms with Gasteiger partial charge in [-0.15, -0.1) is 0 Å². The van der Waals surface area contributed by atoms with Crippen molar-refractivity contribution >= 4 is 0 Å². The molecule has 0 unspecified atom stereocenters. The molecule has 1 aliphatic rings. The monoisotopic (exact) mass is 130 g/mol. The van der Waals surface area contributed by atoms with Crippen LogP contribution in [0.3, 0.4) is 0 Å². The highest BCUT2D eigenvalue weighted by Gasteiger charge is 2.34. The second-order valence-electron chi connectivity index (χ2n) is 2.85. The molecule has 0 amide bonds. The second-order valence-corrected chi connectivity index (χ2v) is 2.85. The van der Waals surface area contributed by atoms with E-state index in [9.17, 15) is 0 Å². The summed E-state index contributed by atoms with van der Waals surface area (Å²) in [4.78, 5) is 0. The Morgan fingerprint density at radius 2 is 2.22 bits per heavy atom. The smallest absolute Gasteiger partial charge is 0.162 e. The highest BCUT2D eigenvalue weighted by atomic mass is 16.7. The SMILES string of the molecule is CO[C@H]1OC[C@H]1C(C)C. The average molecular weight is 130 g/mol. The molecule has 0 saturated carbocycles. The molecule has 0 aromatic heterocycles. The summed E-state index contributed by atoms with van der Waals surface area (Å²) in [6.45, 7) is 5.26. The third-order valence-electron chi connectivity index (χ3n) is 1.89. The molecule has 0 aromatic rings. The molecule has 1 fully saturated rings. The fraction of sp³-hybridized carbons (Fsp3) is 1.00. The molecule has 0 aliphatic carbocycles. The summed E-state index contributed by atoms with van der Waals surface area (Å²) in [5, 5.41) is 0. The lowest BCUT2D eigenvalue weighted by Gasteiger charge is -2.37. The quantitative estimate of drug-likeness (QED) is 0.560. The van der Waals surface area contributed by atoms with Crippen LogP contribution >= 0.6 is 0 Å². The molecule has 0 aromatic carbocycles. The summed E-state index contributed by atoms with van der Waals surface area (Å²) in [7, 11) is 1.69. The van der Waals surface area contributed by atoms with E-state index in [1.807, 2.05) is 0 Å². The van der Waals surface area contributed by atoms with E-state index in [1.165, 1.54) is 0 Å². The lowest BCUT2D eigenvalue weighted by atomic mass is 9.92. The van der Waals surface area contributed by atoms with E-state index in [0.717, 1.165) is 6.61 Å². The fourth-order valence-corrected chi connectivity index (χ4v) is 1.04. The third-order valence-corrected chi connectivity index (χ3v) is 1.89. The molecule has 0 spiro atoms. The van der Waals surface area contributed by atoms with Gasteiger partial charge in [0.25, 0.3) is 0 Å². The van der Waals surface area contributed by atoms with E-state index in [4.69, 9.17) is 9.47 Å². The van der Waals surface area contributed by atoms with Crippen LogP contribution in [0.1, 0.15) is 13.8 Å². The van der Waals surface area contributed by atoms with Crippen LogP contribution in [0.4, 0.5) is 0 Å². The number of hydrogen-bond acceptors (Lipinski definition) is 2. The highest BCUT2D eigenvalue weighted by molar-refractivity contribution is 4.73. The Morgan fingerprint density at radius 3 is 2.33 bits per heavy atom. The lowest BCUT2D eigenvalue weighted by molar-refractivity contribution is -0.257. The molecule has 1 heterocycles. The molecule has 1 rings (SSSR count). The minimum Gasteiger partial charge on any atom is -0.356 e. The first kappa shape index (κ1) is 7.03. The largest absolute Gasteiger partial charge is 0.356 e. The van der Waals surface area contributed by atoms with Crippen molar-refractivity contribution in [3.8, 4) is 0 Å². The van der Waals surface area contributed by atoms with Gasteiger partial charge in [-0.25, -0.2) is 0 Å². The van der Waals surface area contributed by atoms with Gasteiger partial charge in [-0.2, -0.15) is 0 Å². The Bertz CT molecular complexity index is 88.9. The Hall–Kier alpha value is -0.0800. The average Bonchev–Trinajstić information content (AvgIpc) is 1.61. The van der Waals surface area contributed by atoms with Gasteiger partial charge >= 0.3 is 0 Å². The van der Waals surface area contributed by atoms with Crippen molar-refractivity contribution in [2.45, 2.75) is 20.1 Å². The van der Waals surface area contributed by atoms with E-state index in [0.29, 0.717) is 11.8 Å². The maximum Gasteiger partial charge on any atom is 0.162 e. The standard InChI is InChI=1S/C7H14O2/c1-5(2)6-4-9-7(6)8-3/h5-7H,4H2,1-3H3/t6-,7-/m0/s1. The van der Waals surface area contributed by atoms with E-state index in [2.05, 4.69) is 13.8 Å². The summed E-state index contributed by atoms with van der Waals surface area (Å²) in [5.74, 6) is 1.30. The van der Waals surface area contributed by atoms with Crippen LogP contribution in [0.2, 0.25) is 0 Å². The summed E-state index contributed by atoms with van der Waals surface area (Å²) in [6, 6.07) is 0. The van der Waals surface area contributed by atoms with Crippen molar-refractivity contribution in [2.24, 2.45) is 11.8 Å². The molecule has 1 saturated heterocycles. The number of ether oxygens (including phenoxy) is 2. The predicted octanol–water partition coefficient (Wildman–Crippen LogP) is 1.26. The van der Waals surface area contributed by atoms with Gasteiger partial charge in [0.2, 0.25) is 0 Å². The molecule has 9 heavy (non-hydrogen) atoms. The van der Waals surface area contributed by atoms with Crippen molar-refractivity contribution in [1.82, 2.24) is 0 Å². The van der Waals surface area contributed by atoms with Crippen LogP contribution < -0.4 is 0 Å². The van der Waals surface area contributed by atoms with Crippen LogP contribution in [0.5, 0.6) is 0 Å². The Balaban J connectivity index is 2.27. The van der Waals surface area contributed by atoms with Crippen molar-refractivity contribution in [3.05, 3.63) is 0 Å². The zero-order valence-electron chi connectivity index (χ0n) is 6.26. The van der Waals surface area contributed by atoms with E-state index in [1.54, 1.807) is 7.11 Å². The van der Waals surface area contributed by atoms with E-state index in [-0.39, 0.29) is 6.29 Å². The summed E-state index contributed by atoms with van der Waals surface area (Å²) < 4.78 is 10.2. The first-order chi connectivity index (χ1) is 4.25. The van der Waals surface area contributed by atoms with Crippen LogP contribution in [-0.2, 0) is 9.47 Å². The molecule has 0 radical (unpaired) electrons. The molecular formula is C7H14O2. The minimum absolute atomic E-state index is 0.0741. The normalized spacial score (nSPS) is 34.7. The van der Waals surface area contributed by atoms with Gasteiger partial charge in [0, 0.05) is 13.0 Å². The van der Waals surface area contributed by atoms with Gasteiger partial charge in [-0.3, -0.25) is 0 Å². The van der Waals surface area contributed by atoms with E-state index >= 15 is 0 Å². The Morgan fingerprint density at radius 1 is 1.56 bits per heavy atom. The Kier molecular flexibility index (Phi) is 2.09. The zero-order valence-corrected chi connectivity index (χ0v) is 6.26. The third kappa shape index (κ3) is 1.25. The van der Waals surface area contributed by atoms with Gasteiger partial charge in [-0.1, -0.05) is 13.8 Å². The zero-order chi connectivity index (χ0) is 6.85. The van der Waals surface area contributed by atoms with Crippen molar-refractivity contribution in [2.75, 3.05) is 13.7 Å². The van der Waals surface area contributed by atoms with Gasteiger partial charge < -0.3 is 9.47 Å². The summed E-state index contributed by atoms with van der Waals surface area (Å²) in [6.07, 6.45) is 0.0741. The maximum absolute atomic E-state index is 5.13. The lowest BCUT2D eigenvalue weighted by Crippen LogP contribution is -2.43. The molecular weight excluding hydrogens is 116 g/mol. The van der Waals surface area contributed by atoms with Crippen molar-refractivity contribution < 1.29 is 9.47 Å². The number of hydrogen-bond donors (Lipinski definition) is 0. The van der Waals surface area contributed by atoms with Gasteiger partial charge in [0.05, 0.1) is 6.61 Å². The molecule has 54 valence electrons. The molecule has 0 N–H and O–H groups in total. The summed E-state index contributed by atoms with van der Waals surface area (Å²) >= 11 is 0. The number of rotatable bonds is 2. The van der Waals surface area contributed by atoms with E-state index < -0.39 is 0 Å². The number of methoxy groups -OCH3 is 1. The molecule has 2 atom stereocenters. The van der Waals surface area contributed by atoms with Crippen molar-refractivity contribution in [3.63, 3.8) is 0 Å². The van der Waals surface area contributed by atoms with Gasteiger partial charge in [-0.05, 0) is 5.92 Å². The molecule has 2 nitrogen and oxygen atoms in total. The highest BCUT2D eigenvalue weighted by Crippen LogP contribution is 2.27. The Labute approximate surface area is 56.2 Å². The maximum atomic E-state index is 5.13. The van der Waals surface area contributed by atoms with Gasteiger partial charge in [0.1, 0.15) is 0 Å². The topological polar surface area (TPSA) is 18.5 Å². The van der Waals surface area contributed by atoms with Gasteiger partial charge in [0.15, 0.2) is 6.29 Å².